The van der Waals surface area contributed by atoms with E-state index in [0.717, 1.165) is 12.0 Å². The summed E-state index contributed by atoms with van der Waals surface area (Å²) in [6.45, 7) is 3.88. The molecule has 0 aliphatic carbocycles. The van der Waals surface area contributed by atoms with E-state index < -0.39 is 5.82 Å². The van der Waals surface area contributed by atoms with Gasteiger partial charge < -0.3 is 16.0 Å². The Morgan fingerprint density at radius 2 is 2.19 bits per heavy atom. The maximum absolute atomic E-state index is 13.9. The summed E-state index contributed by atoms with van der Waals surface area (Å²) in [6.07, 6.45) is 1.74. The molecule has 2 amide bonds. The van der Waals surface area contributed by atoms with Gasteiger partial charge in [-0.15, -0.1) is 0 Å². The van der Waals surface area contributed by atoms with Gasteiger partial charge in [0.2, 0.25) is 11.8 Å². The molecule has 114 valence electrons. The zero-order chi connectivity index (χ0) is 15.4. The van der Waals surface area contributed by atoms with Crippen molar-refractivity contribution in [2.75, 3.05) is 17.2 Å². The molecule has 1 aliphatic heterocycles. The zero-order valence-corrected chi connectivity index (χ0v) is 12.3. The minimum Gasteiger partial charge on any atom is -0.374 e. The molecule has 1 atom stereocenters. The first kappa shape index (κ1) is 15.3. The van der Waals surface area contributed by atoms with Crippen molar-refractivity contribution in [1.82, 2.24) is 5.32 Å². The molecule has 0 saturated heterocycles. The van der Waals surface area contributed by atoms with Crippen molar-refractivity contribution in [3.05, 3.63) is 23.5 Å². The van der Waals surface area contributed by atoms with E-state index in [-0.39, 0.29) is 30.1 Å². The van der Waals surface area contributed by atoms with Crippen LogP contribution in [0.1, 0.15) is 32.3 Å². The van der Waals surface area contributed by atoms with Crippen molar-refractivity contribution in [3.63, 3.8) is 0 Å². The van der Waals surface area contributed by atoms with Crippen molar-refractivity contribution >= 4 is 23.2 Å². The molecule has 1 aromatic rings. The predicted molar refractivity (Wildman–Crippen MR) is 79.7 cm³/mol. The average Bonchev–Trinajstić information content (AvgIpc) is 2.45. The van der Waals surface area contributed by atoms with E-state index in [2.05, 4.69) is 16.0 Å². The average molecular weight is 293 g/mol. The number of aryl methyl sites for hydroxylation is 1. The van der Waals surface area contributed by atoms with E-state index in [1.807, 2.05) is 13.8 Å². The molecule has 2 rings (SSSR count). The van der Waals surface area contributed by atoms with Crippen LogP contribution in [0.25, 0.3) is 0 Å². The number of fused-ring (bicyclic) bond motifs is 1. The Balaban J connectivity index is 2.02. The van der Waals surface area contributed by atoms with Gasteiger partial charge in [0.1, 0.15) is 5.82 Å². The molecule has 5 nitrogen and oxygen atoms in total. The number of benzene rings is 1. The number of anilines is 2. The second-order valence-electron chi connectivity index (χ2n) is 5.27. The van der Waals surface area contributed by atoms with E-state index in [1.165, 1.54) is 12.1 Å². The second-order valence-corrected chi connectivity index (χ2v) is 5.27. The molecule has 1 aliphatic rings. The highest BCUT2D eigenvalue weighted by molar-refractivity contribution is 5.94. The number of carbonyl (C=O) groups excluding carboxylic acids is 2. The summed E-state index contributed by atoms with van der Waals surface area (Å²) in [6, 6.07) is 3.04. The Hall–Kier alpha value is -2.11. The SMILES string of the molecule is CC[C@H](C)NC(=O)CNc1cc2c(cc1F)CCC(=O)N2. The van der Waals surface area contributed by atoms with Gasteiger partial charge in [-0.05, 0) is 37.5 Å². The molecule has 0 fully saturated rings. The molecular formula is C15H20FN3O2. The van der Waals surface area contributed by atoms with Gasteiger partial charge in [-0.25, -0.2) is 4.39 Å². The van der Waals surface area contributed by atoms with Crippen LogP contribution < -0.4 is 16.0 Å². The van der Waals surface area contributed by atoms with E-state index in [0.29, 0.717) is 18.5 Å². The molecule has 0 radical (unpaired) electrons. The van der Waals surface area contributed by atoms with Gasteiger partial charge in [-0.1, -0.05) is 6.92 Å². The van der Waals surface area contributed by atoms with Crippen LogP contribution in [0.4, 0.5) is 15.8 Å². The smallest absolute Gasteiger partial charge is 0.239 e. The summed E-state index contributed by atoms with van der Waals surface area (Å²) in [5, 5.41) is 8.27. The van der Waals surface area contributed by atoms with Crippen molar-refractivity contribution < 1.29 is 14.0 Å². The number of amides is 2. The Kier molecular flexibility index (Phi) is 4.77. The molecule has 0 unspecified atom stereocenters. The fraction of sp³-hybridized carbons (Fsp3) is 0.467. The monoisotopic (exact) mass is 293 g/mol. The summed E-state index contributed by atoms with van der Waals surface area (Å²) < 4.78 is 13.9. The summed E-state index contributed by atoms with van der Waals surface area (Å²) in [7, 11) is 0. The third-order valence-electron chi connectivity index (χ3n) is 3.55. The van der Waals surface area contributed by atoms with Crippen molar-refractivity contribution in [2.45, 2.75) is 39.2 Å². The van der Waals surface area contributed by atoms with Crippen molar-refractivity contribution in [3.8, 4) is 0 Å². The highest BCUT2D eigenvalue weighted by atomic mass is 19.1. The number of halogens is 1. The number of rotatable bonds is 5. The van der Waals surface area contributed by atoms with Gasteiger partial charge in [-0.2, -0.15) is 0 Å². The Morgan fingerprint density at radius 1 is 1.43 bits per heavy atom. The predicted octanol–water partition coefficient (Wildman–Crippen LogP) is 2.04. The molecule has 3 N–H and O–H groups in total. The van der Waals surface area contributed by atoms with Crippen LogP contribution in [-0.4, -0.2) is 24.4 Å². The minimum absolute atomic E-state index is 0.00596. The van der Waals surface area contributed by atoms with Crippen molar-refractivity contribution in [2.24, 2.45) is 0 Å². The molecule has 1 aromatic carbocycles. The first-order valence-electron chi connectivity index (χ1n) is 7.15. The van der Waals surface area contributed by atoms with Gasteiger partial charge in [-0.3, -0.25) is 9.59 Å². The standard InChI is InChI=1S/C15H20FN3O2/c1-3-9(2)18-15(21)8-17-13-7-12-10(6-11(13)16)4-5-14(20)19-12/h6-7,9,17H,3-5,8H2,1-2H3,(H,18,21)(H,19,20)/t9-/m0/s1. The van der Waals surface area contributed by atoms with E-state index in [1.54, 1.807) is 0 Å². The molecule has 0 aromatic heterocycles. The van der Waals surface area contributed by atoms with Crippen LogP contribution in [0.15, 0.2) is 12.1 Å². The van der Waals surface area contributed by atoms with Crippen molar-refractivity contribution in [1.29, 1.82) is 0 Å². The normalized spacial score (nSPS) is 14.9. The number of carbonyl (C=O) groups is 2. The fourth-order valence-corrected chi connectivity index (χ4v) is 2.14. The van der Waals surface area contributed by atoms with E-state index in [9.17, 15) is 14.0 Å². The Morgan fingerprint density at radius 3 is 2.90 bits per heavy atom. The molecule has 0 saturated carbocycles. The fourth-order valence-electron chi connectivity index (χ4n) is 2.14. The van der Waals surface area contributed by atoms with Crippen LogP contribution in [0.3, 0.4) is 0 Å². The summed E-state index contributed by atoms with van der Waals surface area (Å²) in [4.78, 5) is 23.0. The van der Waals surface area contributed by atoms with Crippen LogP contribution in [0.2, 0.25) is 0 Å². The van der Waals surface area contributed by atoms with Crippen LogP contribution in [0, 0.1) is 5.82 Å². The van der Waals surface area contributed by atoms with Gasteiger partial charge >= 0.3 is 0 Å². The molecule has 21 heavy (non-hydrogen) atoms. The van der Waals surface area contributed by atoms with Crippen LogP contribution in [0.5, 0.6) is 0 Å². The highest BCUT2D eigenvalue weighted by Gasteiger charge is 2.17. The maximum atomic E-state index is 13.9. The van der Waals surface area contributed by atoms with Gasteiger partial charge in [0.05, 0.1) is 12.2 Å². The van der Waals surface area contributed by atoms with Gasteiger partial charge in [0.25, 0.3) is 0 Å². The summed E-state index contributed by atoms with van der Waals surface area (Å²) >= 11 is 0. The lowest BCUT2D eigenvalue weighted by Crippen LogP contribution is -2.36. The molecular weight excluding hydrogens is 273 g/mol. The lowest BCUT2D eigenvalue weighted by molar-refractivity contribution is -0.120. The Bertz CT molecular complexity index is 560. The number of hydrogen-bond donors (Lipinski definition) is 3. The first-order chi connectivity index (χ1) is 9.99. The first-order valence-corrected chi connectivity index (χ1v) is 7.15. The molecule has 1 heterocycles. The number of nitrogens with one attached hydrogen (secondary N) is 3. The zero-order valence-electron chi connectivity index (χ0n) is 12.3. The van der Waals surface area contributed by atoms with Gasteiger partial charge in [0.15, 0.2) is 0 Å². The van der Waals surface area contributed by atoms with Gasteiger partial charge in [0, 0.05) is 18.2 Å². The van der Waals surface area contributed by atoms with E-state index >= 15 is 0 Å². The van der Waals surface area contributed by atoms with Crippen LogP contribution >= 0.6 is 0 Å². The second kappa shape index (κ2) is 6.56. The molecule has 0 spiro atoms. The number of hydrogen-bond acceptors (Lipinski definition) is 3. The minimum atomic E-state index is -0.416. The topological polar surface area (TPSA) is 70.2 Å². The third-order valence-corrected chi connectivity index (χ3v) is 3.55. The maximum Gasteiger partial charge on any atom is 0.239 e. The summed E-state index contributed by atoms with van der Waals surface area (Å²) in [5.74, 6) is -0.679. The van der Waals surface area contributed by atoms with E-state index in [4.69, 9.17) is 0 Å². The summed E-state index contributed by atoms with van der Waals surface area (Å²) in [5.41, 5.74) is 1.61. The lowest BCUT2D eigenvalue weighted by Gasteiger charge is -2.19. The quantitative estimate of drug-likeness (QED) is 0.778. The largest absolute Gasteiger partial charge is 0.374 e. The Labute approximate surface area is 123 Å². The molecule has 6 heteroatoms. The highest BCUT2D eigenvalue weighted by Crippen LogP contribution is 2.28. The lowest BCUT2D eigenvalue weighted by atomic mass is 10.0. The molecule has 0 bridgehead atoms. The van der Waals surface area contributed by atoms with Crippen LogP contribution in [-0.2, 0) is 16.0 Å². The third kappa shape index (κ3) is 3.93.